The Labute approximate surface area is 137 Å². The van der Waals surface area contributed by atoms with Crippen LogP contribution < -0.4 is 16.0 Å². The second-order valence-corrected chi connectivity index (χ2v) is 6.62. The number of benzene rings is 1. The fraction of sp³-hybridized carbons (Fsp3) is 0.421. The van der Waals surface area contributed by atoms with Crippen LogP contribution in [0.3, 0.4) is 0 Å². The third kappa shape index (κ3) is 2.91. The van der Waals surface area contributed by atoms with E-state index in [-0.39, 0.29) is 12.1 Å². The number of piperidine rings is 1. The predicted octanol–water partition coefficient (Wildman–Crippen LogP) is 3.63. The summed E-state index contributed by atoms with van der Waals surface area (Å²) in [5, 5.41) is 3.60. The molecule has 120 valence electrons. The van der Waals surface area contributed by atoms with Gasteiger partial charge in [0, 0.05) is 19.1 Å². The smallest absolute Gasteiger partial charge is 0.128 e. The third-order valence-corrected chi connectivity index (χ3v) is 5.03. The van der Waals surface area contributed by atoms with Crippen molar-refractivity contribution in [2.45, 2.75) is 37.8 Å². The Morgan fingerprint density at radius 2 is 1.78 bits per heavy atom. The van der Waals surface area contributed by atoms with E-state index >= 15 is 0 Å². The largest absolute Gasteiger partial charge is 0.377 e. The zero-order valence-corrected chi connectivity index (χ0v) is 13.4. The average molecular weight is 308 g/mol. The third-order valence-electron chi connectivity index (χ3n) is 5.03. The standard InChI is InChI=1S/C19H24N4/c20-17-12-18(16-7-3-2-6-15(16)17)22-14-8-9-19(21-13-14)23-10-4-1-5-11-23/h2-3,6-9,13,17-18,22H,1,4-5,10-12,20H2. The number of nitrogens with one attached hydrogen (secondary N) is 1. The van der Waals surface area contributed by atoms with E-state index in [1.165, 1.54) is 30.4 Å². The Morgan fingerprint density at radius 1 is 1.00 bits per heavy atom. The van der Waals surface area contributed by atoms with E-state index in [0.717, 1.165) is 31.0 Å². The maximum atomic E-state index is 6.25. The summed E-state index contributed by atoms with van der Waals surface area (Å²) in [7, 11) is 0. The van der Waals surface area contributed by atoms with E-state index in [1.807, 2.05) is 6.20 Å². The second-order valence-electron chi connectivity index (χ2n) is 6.62. The molecule has 1 fully saturated rings. The number of rotatable bonds is 3. The van der Waals surface area contributed by atoms with Crippen LogP contribution in [-0.4, -0.2) is 18.1 Å². The fourth-order valence-corrected chi connectivity index (χ4v) is 3.79. The normalized spacial score (nSPS) is 23.6. The number of fused-ring (bicyclic) bond motifs is 1. The quantitative estimate of drug-likeness (QED) is 0.909. The Bertz CT molecular complexity index is 661. The first-order chi connectivity index (χ1) is 11.3. The molecule has 2 aromatic rings. The number of aromatic nitrogens is 1. The number of hydrogen-bond donors (Lipinski definition) is 2. The summed E-state index contributed by atoms with van der Waals surface area (Å²) < 4.78 is 0. The van der Waals surface area contributed by atoms with Crippen LogP contribution in [0.1, 0.15) is 48.9 Å². The monoisotopic (exact) mass is 308 g/mol. The van der Waals surface area contributed by atoms with Crippen LogP contribution in [0.5, 0.6) is 0 Å². The summed E-state index contributed by atoms with van der Waals surface area (Å²) in [6.45, 7) is 2.26. The van der Waals surface area contributed by atoms with E-state index in [9.17, 15) is 0 Å². The molecular formula is C19H24N4. The highest BCUT2D eigenvalue weighted by Crippen LogP contribution is 2.39. The summed E-state index contributed by atoms with van der Waals surface area (Å²) in [5.74, 6) is 1.10. The van der Waals surface area contributed by atoms with E-state index in [1.54, 1.807) is 0 Å². The van der Waals surface area contributed by atoms with Crippen molar-refractivity contribution in [3.63, 3.8) is 0 Å². The number of nitrogens with two attached hydrogens (primary N) is 1. The molecule has 0 spiro atoms. The van der Waals surface area contributed by atoms with Gasteiger partial charge in [0.15, 0.2) is 0 Å². The molecule has 2 aliphatic rings. The molecule has 1 aliphatic carbocycles. The van der Waals surface area contributed by atoms with Crippen molar-refractivity contribution in [3.05, 3.63) is 53.7 Å². The zero-order chi connectivity index (χ0) is 15.6. The lowest BCUT2D eigenvalue weighted by molar-refractivity contribution is 0.573. The van der Waals surface area contributed by atoms with Crippen LogP contribution in [0.4, 0.5) is 11.5 Å². The van der Waals surface area contributed by atoms with Gasteiger partial charge < -0.3 is 16.0 Å². The minimum atomic E-state index is 0.129. The first-order valence-corrected chi connectivity index (χ1v) is 8.63. The molecule has 1 aromatic carbocycles. The molecule has 23 heavy (non-hydrogen) atoms. The van der Waals surface area contributed by atoms with Crippen molar-refractivity contribution < 1.29 is 0 Å². The summed E-state index contributed by atoms with van der Waals surface area (Å²) in [5.41, 5.74) is 9.90. The molecule has 0 amide bonds. The Kier molecular flexibility index (Phi) is 3.92. The van der Waals surface area contributed by atoms with Crippen molar-refractivity contribution >= 4 is 11.5 Å². The van der Waals surface area contributed by atoms with Gasteiger partial charge in [-0.05, 0) is 48.9 Å². The van der Waals surface area contributed by atoms with Crippen molar-refractivity contribution in [1.29, 1.82) is 0 Å². The number of pyridine rings is 1. The SMILES string of the molecule is NC1CC(Nc2ccc(N3CCCCC3)nc2)c2ccccc21. The number of anilines is 2. The number of hydrogen-bond acceptors (Lipinski definition) is 4. The highest BCUT2D eigenvalue weighted by Gasteiger charge is 2.28. The van der Waals surface area contributed by atoms with Gasteiger partial charge in [-0.2, -0.15) is 0 Å². The summed E-state index contributed by atoms with van der Waals surface area (Å²) >= 11 is 0. The van der Waals surface area contributed by atoms with Crippen molar-refractivity contribution in [2.24, 2.45) is 5.73 Å². The second kappa shape index (κ2) is 6.20. The van der Waals surface area contributed by atoms with Crippen LogP contribution in [0.15, 0.2) is 42.6 Å². The van der Waals surface area contributed by atoms with E-state index in [0.29, 0.717) is 0 Å². The average Bonchev–Trinajstić information content (AvgIpc) is 2.93. The van der Waals surface area contributed by atoms with Gasteiger partial charge in [0.2, 0.25) is 0 Å². The molecule has 0 bridgehead atoms. The fourth-order valence-electron chi connectivity index (χ4n) is 3.79. The molecule has 2 heterocycles. The van der Waals surface area contributed by atoms with E-state index in [2.05, 4.69) is 51.6 Å². The molecule has 0 radical (unpaired) electrons. The Morgan fingerprint density at radius 3 is 2.52 bits per heavy atom. The van der Waals surface area contributed by atoms with Gasteiger partial charge in [-0.3, -0.25) is 0 Å². The van der Waals surface area contributed by atoms with Gasteiger partial charge in [-0.1, -0.05) is 24.3 Å². The molecule has 4 heteroatoms. The lowest BCUT2D eigenvalue weighted by atomic mass is 10.1. The highest BCUT2D eigenvalue weighted by atomic mass is 15.2. The van der Waals surface area contributed by atoms with Crippen molar-refractivity contribution in [2.75, 3.05) is 23.3 Å². The van der Waals surface area contributed by atoms with Gasteiger partial charge in [-0.25, -0.2) is 4.98 Å². The molecule has 2 atom stereocenters. The lowest BCUT2D eigenvalue weighted by Crippen LogP contribution is -2.30. The van der Waals surface area contributed by atoms with Gasteiger partial charge in [0.25, 0.3) is 0 Å². The van der Waals surface area contributed by atoms with Gasteiger partial charge in [0.1, 0.15) is 5.82 Å². The maximum absolute atomic E-state index is 6.25. The summed E-state index contributed by atoms with van der Waals surface area (Å²) in [4.78, 5) is 7.03. The molecule has 2 unspecified atom stereocenters. The lowest BCUT2D eigenvalue weighted by Gasteiger charge is -2.27. The molecular weight excluding hydrogens is 284 g/mol. The molecule has 0 saturated carbocycles. The van der Waals surface area contributed by atoms with Gasteiger partial charge >= 0.3 is 0 Å². The Balaban J connectivity index is 1.47. The van der Waals surface area contributed by atoms with Crippen LogP contribution in [0, 0.1) is 0 Å². The van der Waals surface area contributed by atoms with Crippen molar-refractivity contribution in [1.82, 2.24) is 4.98 Å². The van der Waals surface area contributed by atoms with Crippen LogP contribution in [0.2, 0.25) is 0 Å². The maximum Gasteiger partial charge on any atom is 0.128 e. The minimum absolute atomic E-state index is 0.129. The summed E-state index contributed by atoms with van der Waals surface area (Å²) in [6.07, 6.45) is 6.79. The predicted molar refractivity (Wildman–Crippen MR) is 94.7 cm³/mol. The highest BCUT2D eigenvalue weighted by molar-refractivity contribution is 5.52. The molecule has 1 aliphatic heterocycles. The van der Waals surface area contributed by atoms with E-state index < -0.39 is 0 Å². The molecule has 4 rings (SSSR count). The summed E-state index contributed by atoms with van der Waals surface area (Å²) in [6, 6.07) is 13.2. The first kappa shape index (κ1) is 14.5. The van der Waals surface area contributed by atoms with Gasteiger partial charge in [-0.15, -0.1) is 0 Å². The van der Waals surface area contributed by atoms with Crippen LogP contribution >= 0.6 is 0 Å². The zero-order valence-electron chi connectivity index (χ0n) is 13.4. The molecule has 3 N–H and O–H groups in total. The van der Waals surface area contributed by atoms with Crippen LogP contribution in [0.25, 0.3) is 0 Å². The topological polar surface area (TPSA) is 54.2 Å². The Hall–Kier alpha value is -2.07. The van der Waals surface area contributed by atoms with Crippen LogP contribution in [-0.2, 0) is 0 Å². The molecule has 1 saturated heterocycles. The van der Waals surface area contributed by atoms with Crippen molar-refractivity contribution in [3.8, 4) is 0 Å². The number of nitrogens with zero attached hydrogens (tertiary/aromatic N) is 2. The minimum Gasteiger partial charge on any atom is -0.377 e. The van der Waals surface area contributed by atoms with E-state index in [4.69, 9.17) is 5.73 Å². The molecule has 1 aromatic heterocycles. The first-order valence-electron chi connectivity index (χ1n) is 8.63. The van der Waals surface area contributed by atoms with Gasteiger partial charge in [0.05, 0.1) is 17.9 Å². The molecule has 4 nitrogen and oxygen atoms in total.